The van der Waals surface area contributed by atoms with Crippen LogP contribution in [0.25, 0.3) is 0 Å². The number of aliphatic hydroxyl groups is 1. The Kier molecular flexibility index (Phi) is 12.4. The van der Waals surface area contributed by atoms with Crippen LogP contribution in [0.5, 0.6) is 0 Å². The maximum atomic E-state index is 11.6. The molecule has 0 saturated carbocycles. The molecule has 32 heavy (non-hydrogen) atoms. The van der Waals surface area contributed by atoms with Crippen LogP contribution < -0.4 is 0 Å². The van der Waals surface area contributed by atoms with Gasteiger partial charge in [0.05, 0.1) is 32.0 Å². The monoisotopic (exact) mass is 478 g/mol. The van der Waals surface area contributed by atoms with Gasteiger partial charge in [0.25, 0.3) is 0 Å². The van der Waals surface area contributed by atoms with Crippen molar-refractivity contribution < 1.29 is 33.8 Å². The smallest absolute Gasteiger partial charge is 0.338 e. The lowest BCUT2D eigenvalue weighted by molar-refractivity contribution is -0.116. The van der Waals surface area contributed by atoms with Gasteiger partial charge in [-0.3, -0.25) is 9.59 Å². The fraction of sp³-hybridized carbons (Fsp3) is 0.304. The third kappa shape index (κ3) is 8.86. The SMILES string of the molecule is COC(=O)c1ccc(C(=O)OC)c(CC(=O)CS)c1.O=C(CS)Cc1ccc(CO)cc1. The molecule has 9 heteroatoms. The summed E-state index contributed by atoms with van der Waals surface area (Å²) in [4.78, 5) is 45.5. The second kappa shape index (κ2) is 14.4. The van der Waals surface area contributed by atoms with Gasteiger partial charge < -0.3 is 14.6 Å². The van der Waals surface area contributed by atoms with Crippen molar-refractivity contribution >= 4 is 48.8 Å². The molecular weight excluding hydrogens is 452 g/mol. The molecule has 0 saturated heterocycles. The minimum atomic E-state index is -0.557. The van der Waals surface area contributed by atoms with E-state index in [4.69, 9.17) is 5.11 Å². The molecule has 0 fully saturated rings. The van der Waals surface area contributed by atoms with Gasteiger partial charge in [-0.15, -0.1) is 0 Å². The summed E-state index contributed by atoms with van der Waals surface area (Å²) in [5.41, 5.74) is 2.79. The number of benzene rings is 2. The van der Waals surface area contributed by atoms with Crippen molar-refractivity contribution in [1.29, 1.82) is 0 Å². The van der Waals surface area contributed by atoms with Gasteiger partial charge in [-0.2, -0.15) is 25.3 Å². The Morgan fingerprint density at radius 2 is 1.31 bits per heavy atom. The fourth-order valence-electron chi connectivity index (χ4n) is 2.61. The molecule has 7 nitrogen and oxygen atoms in total. The van der Waals surface area contributed by atoms with Gasteiger partial charge >= 0.3 is 11.9 Å². The minimum absolute atomic E-state index is 0.0127. The Labute approximate surface area is 197 Å². The number of ketones is 2. The molecule has 0 radical (unpaired) electrons. The highest BCUT2D eigenvalue weighted by Crippen LogP contribution is 2.16. The lowest BCUT2D eigenvalue weighted by Crippen LogP contribution is -2.13. The maximum absolute atomic E-state index is 11.6. The number of Topliss-reactive ketones (excluding diaryl/α,β-unsaturated/α-hetero) is 2. The second-order valence-corrected chi connectivity index (χ2v) is 7.21. The predicted molar refractivity (Wildman–Crippen MR) is 127 cm³/mol. The normalized spacial score (nSPS) is 9.91. The summed E-state index contributed by atoms with van der Waals surface area (Å²) in [5.74, 6) is -0.796. The van der Waals surface area contributed by atoms with Crippen molar-refractivity contribution in [2.24, 2.45) is 0 Å². The van der Waals surface area contributed by atoms with Gasteiger partial charge in [-0.25, -0.2) is 9.59 Å². The highest BCUT2D eigenvalue weighted by Gasteiger charge is 2.17. The van der Waals surface area contributed by atoms with Crippen LogP contribution >= 0.6 is 25.3 Å². The lowest BCUT2D eigenvalue weighted by Gasteiger charge is -2.09. The highest BCUT2D eigenvalue weighted by molar-refractivity contribution is 7.81. The number of methoxy groups -OCH3 is 2. The van der Waals surface area contributed by atoms with Crippen molar-refractivity contribution in [1.82, 2.24) is 0 Å². The number of carbonyl (C=O) groups excluding carboxylic acids is 4. The van der Waals surface area contributed by atoms with E-state index in [2.05, 4.69) is 34.7 Å². The Morgan fingerprint density at radius 1 is 0.781 bits per heavy atom. The van der Waals surface area contributed by atoms with Crippen molar-refractivity contribution in [2.45, 2.75) is 19.4 Å². The molecule has 0 aliphatic rings. The first-order valence-corrected chi connectivity index (χ1v) is 10.8. The summed E-state index contributed by atoms with van der Waals surface area (Å²) in [6.45, 7) is 0.0425. The first-order valence-electron chi connectivity index (χ1n) is 9.52. The van der Waals surface area contributed by atoms with Gasteiger partial charge in [0.15, 0.2) is 0 Å². The van der Waals surface area contributed by atoms with Crippen molar-refractivity contribution in [3.8, 4) is 0 Å². The van der Waals surface area contributed by atoms with Gasteiger partial charge in [0.2, 0.25) is 0 Å². The van der Waals surface area contributed by atoms with E-state index in [0.29, 0.717) is 12.0 Å². The van der Waals surface area contributed by atoms with E-state index in [1.165, 1.54) is 32.4 Å². The molecule has 0 aliphatic heterocycles. The zero-order valence-corrected chi connectivity index (χ0v) is 19.7. The second-order valence-electron chi connectivity index (χ2n) is 6.58. The average molecular weight is 479 g/mol. The van der Waals surface area contributed by atoms with Gasteiger partial charge in [-0.1, -0.05) is 24.3 Å². The van der Waals surface area contributed by atoms with Crippen LogP contribution in [0.4, 0.5) is 0 Å². The largest absolute Gasteiger partial charge is 0.465 e. The molecule has 2 rings (SSSR count). The van der Waals surface area contributed by atoms with Crippen LogP contribution in [0, 0.1) is 0 Å². The number of aliphatic hydroxyl groups excluding tert-OH is 1. The van der Waals surface area contributed by atoms with E-state index in [1.807, 2.05) is 24.3 Å². The molecule has 0 aliphatic carbocycles. The summed E-state index contributed by atoms with van der Waals surface area (Å²) >= 11 is 7.78. The third-order valence-corrected chi connectivity index (χ3v) is 4.98. The number of ether oxygens (including phenoxy) is 2. The summed E-state index contributed by atoms with van der Waals surface area (Å²) in [6.07, 6.45) is 0.438. The van der Waals surface area contributed by atoms with Crippen LogP contribution in [0.1, 0.15) is 37.4 Å². The summed E-state index contributed by atoms with van der Waals surface area (Å²) in [7, 11) is 2.51. The maximum Gasteiger partial charge on any atom is 0.338 e. The Hall–Kier alpha value is -2.62. The lowest BCUT2D eigenvalue weighted by atomic mass is 9.99. The predicted octanol–water partition coefficient (Wildman–Crippen LogP) is 2.52. The van der Waals surface area contributed by atoms with Crippen molar-refractivity contribution in [3.05, 3.63) is 70.3 Å². The standard InChI is InChI=1S/C13H14O5S.C10H12O2S/c1-17-12(15)8-3-4-11(13(16)18-2)9(5-8)6-10(14)7-19;11-6-9-3-1-8(2-4-9)5-10(12)7-13/h3-5,19H,6-7H2,1-2H3;1-4,11,13H,5-7H2. The first-order chi connectivity index (χ1) is 15.3. The molecule has 0 bridgehead atoms. The fourth-order valence-corrected chi connectivity index (χ4v) is 2.83. The van der Waals surface area contributed by atoms with Gasteiger partial charge in [-0.05, 0) is 34.9 Å². The number of esters is 2. The number of rotatable bonds is 9. The molecule has 2 aromatic carbocycles. The molecule has 0 spiro atoms. The highest BCUT2D eigenvalue weighted by atomic mass is 32.1. The summed E-state index contributed by atoms with van der Waals surface area (Å²) in [6, 6.07) is 11.7. The summed E-state index contributed by atoms with van der Waals surface area (Å²) in [5, 5.41) is 8.78. The number of thiol groups is 2. The minimum Gasteiger partial charge on any atom is -0.465 e. The van der Waals surface area contributed by atoms with Gasteiger partial charge in [0.1, 0.15) is 11.6 Å². The molecule has 0 atom stereocenters. The van der Waals surface area contributed by atoms with E-state index in [0.717, 1.165) is 11.1 Å². The van der Waals surface area contributed by atoms with Crippen LogP contribution in [0.2, 0.25) is 0 Å². The zero-order valence-electron chi connectivity index (χ0n) is 17.9. The van der Waals surface area contributed by atoms with Crippen LogP contribution in [0.15, 0.2) is 42.5 Å². The van der Waals surface area contributed by atoms with Crippen molar-refractivity contribution in [2.75, 3.05) is 25.7 Å². The van der Waals surface area contributed by atoms with Crippen molar-refractivity contribution in [3.63, 3.8) is 0 Å². The Morgan fingerprint density at radius 3 is 1.81 bits per heavy atom. The summed E-state index contributed by atoms with van der Waals surface area (Å²) < 4.78 is 9.23. The average Bonchev–Trinajstić information content (AvgIpc) is 2.83. The van der Waals surface area contributed by atoms with Crippen LogP contribution in [-0.2, 0) is 38.5 Å². The molecular formula is C23H26O7S2. The number of hydrogen-bond donors (Lipinski definition) is 3. The molecule has 0 amide bonds. The van der Waals surface area contributed by atoms with E-state index in [1.54, 1.807) is 0 Å². The topological polar surface area (TPSA) is 107 Å². The molecule has 0 unspecified atom stereocenters. The first kappa shape index (κ1) is 27.4. The number of hydrogen-bond acceptors (Lipinski definition) is 9. The zero-order chi connectivity index (χ0) is 24.1. The van der Waals surface area contributed by atoms with E-state index in [9.17, 15) is 19.2 Å². The molecule has 2 aromatic rings. The molecule has 0 heterocycles. The molecule has 0 aromatic heterocycles. The molecule has 172 valence electrons. The number of carbonyl (C=O) groups is 4. The quantitative estimate of drug-likeness (QED) is 0.376. The molecule has 1 N–H and O–H groups in total. The Balaban J connectivity index is 0.000000343. The van der Waals surface area contributed by atoms with Crippen LogP contribution in [0.3, 0.4) is 0 Å². The van der Waals surface area contributed by atoms with Crippen LogP contribution in [-0.4, -0.2) is 54.3 Å². The van der Waals surface area contributed by atoms with E-state index in [-0.39, 0.29) is 47.2 Å². The third-order valence-electron chi connectivity index (χ3n) is 4.28. The van der Waals surface area contributed by atoms with E-state index >= 15 is 0 Å². The van der Waals surface area contributed by atoms with E-state index < -0.39 is 11.9 Å². The van der Waals surface area contributed by atoms with Gasteiger partial charge in [0, 0.05) is 24.3 Å². The Bertz CT molecular complexity index is 940.